The van der Waals surface area contributed by atoms with Gasteiger partial charge in [0, 0.05) is 10.9 Å². The van der Waals surface area contributed by atoms with E-state index in [1.807, 2.05) is 14.0 Å². The van der Waals surface area contributed by atoms with E-state index in [4.69, 9.17) is 4.42 Å². The van der Waals surface area contributed by atoms with Gasteiger partial charge in [-0.15, -0.1) is 0 Å². The van der Waals surface area contributed by atoms with E-state index in [0.29, 0.717) is 5.92 Å². The summed E-state index contributed by atoms with van der Waals surface area (Å²) in [6.07, 6.45) is 5.09. The fourth-order valence-electron chi connectivity index (χ4n) is 3.87. The minimum absolute atomic E-state index is 0.203. The Kier molecular flexibility index (Phi) is 4.03. The third-order valence-corrected chi connectivity index (χ3v) is 4.98. The maximum Gasteiger partial charge on any atom is 0.134 e. The van der Waals surface area contributed by atoms with Crippen molar-refractivity contribution in [2.75, 3.05) is 7.05 Å². The molecule has 0 aliphatic heterocycles. The van der Waals surface area contributed by atoms with Crippen LogP contribution in [0, 0.1) is 24.6 Å². The molecule has 1 aliphatic rings. The predicted molar refractivity (Wildman–Crippen MR) is 83.8 cm³/mol. The second-order valence-corrected chi connectivity index (χ2v) is 6.53. The lowest BCUT2D eigenvalue weighted by molar-refractivity contribution is 0.213. The summed E-state index contributed by atoms with van der Waals surface area (Å²) in [5.41, 5.74) is 1.86. The number of fused-ring (bicyclic) bond motifs is 1. The molecular weight excluding hydrogens is 265 g/mol. The van der Waals surface area contributed by atoms with Crippen LogP contribution in [0.5, 0.6) is 0 Å². The molecule has 0 saturated heterocycles. The van der Waals surface area contributed by atoms with Crippen LogP contribution in [0.3, 0.4) is 0 Å². The number of aryl methyl sites for hydroxylation is 1. The molecule has 3 unspecified atom stereocenters. The van der Waals surface area contributed by atoms with Crippen molar-refractivity contribution in [2.45, 2.75) is 45.6 Å². The molecule has 0 spiro atoms. The molecule has 0 radical (unpaired) electrons. The average Bonchev–Trinajstić information content (AvgIpc) is 2.77. The number of nitrogens with one attached hydrogen (secondary N) is 1. The highest BCUT2D eigenvalue weighted by atomic mass is 19.1. The molecule has 0 bridgehead atoms. The fraction of sp³-hybridized carbons (Fsp3) is 0.556. The first-order valence-electron chi connectivity index (χ1n) is 7.96. The quantitative estimate of drug-likeness (QED) is 0.863. The first-order valence-corrected chi connectivity index (χ1v) is 7.96. The summed E-state index contributed by atoms with van der Waals surface area (Å²) in [4.78, 5) is 0. The van der Waals surface area contributed by atoms with Crippen molar-refractivity contribution in [3.63, 3.8) is 0 Å². The van der Waals surface area contributed by atoms with Crippen molar-refractivity contribution in [1.29, 1.82) is 0 Å². The second kappa shape index (κ2) is 5.80. The van der Waals surface area contributed by atoms with Crippen LogP contribution in [0.2, 0.25) is 0 Å². The van der Waals surface area contributed by atoms with Crippen LogP contribution in [-0.2, 0) is 0 Å². The van der Waals surface area contributed by atoms with Crippen molar-refractivity contribution in [3.8, 4) is 0 Å². The summed E-state index contributed by atoms with van der Waals surface area (Å²) >= 11 is 0. The Hall–Kier alpha value is -1.35. The van der Waals surface area contributed by atoms with Crippen LogP contribution < -0.4 is 5.32 Å². The molecule has 3 heteroatoms. The van der Waals surface area contributed by atoms with E-state index in [2.05, 4.69) is 12.2 Å². The van der Waals surface area contributed by atoms with E-state index in [9.17, 15) is 4.39 Å². The lowest BCUT2D eigenvalue weighted by Gasteiger charge is -2.32. The number of hydrogen-bond acceptors (Lipinski definition) is 2. The van der Waals surface area contributed by atoms with Gasteiger partial charge in [0.25, 0.3) is 0 Å². The molecule has 0 amide bonds. The van der Waals surface area contributed by atoms with Gasteiger partial charge in [-0.25, -0.2) is 4.39 Å². The van der Waals surface area contributed by atoms with Crippen LogP contribution in [0.1, 0.15) is 50.0 Å². The van der Waals surface area contributed by atoms with Gasteiger partial charge in [0.05, 0.1) is 6.04 Å². The van der Waals surface area contributed by atoms with E-state index in [0.717, 1.165) is 28.2 Å². The van der Waals surface area contributed by atoms with E-state index < -0.39 is 0 Å². The molecule has 1 aliphatic carbocycles. The second-order valence-electron chi connectivity index (χ2n) is 6.53. The zero-order chi connectivity index (χ0) is 15.0. The summed E-state index contributed by atoms with van der Waals surface area (Å²) in [5.74, 6) is 2.16. The van der Waals surface area contributed by atoms with Gasteiger partial charge in [-0.1, -0.05) is 19.8 Å². The Bertz CT molecular complexity index is 633. The van der Waals surface area contributed by atoms with Gasteiger partial charge >= 0.3 is 0 Å². The molecule has 1 fully saturated rings. The van der Waals surface area contributed by atoms with Crippen molar-refractivity contribution in [3.05, 3.63) is 35.3 Å². The molecule has 1 aromatic heterocycles. The minimum atomic E-state index is -0.203. The molecule has 3 rings (SSSR count). The van der Waals surface area contributed by atoms with Gasteiger partial charge in [-0.3, -0.25) is 0 Å². The number of halogens is 1. The summed E-state index contributed by atoms with van der Waals surface area (Å²) in [7, 11) is 2.00. The van der Waals surface area contributed by atoms with E-state index >= 15 is 0 Å². The Labute approximate surface area is 125 Å². The minimum Gasteiger partial charge on any atom is -0.459 e. The van der Waals surface area contributed by atoms with Crippen LogP contribution in [0.15, 0.2) is 22.6 Å². The third-order valence-electron chi connectivity index (χ3n) is 4.98. The lowest BCUT2D eigenvalue weighted by Crippen LogP contribution is -2.29. The van der Waals surface area contributed by atoms with Crippen molar-refractivity contribution in [2.24, 2.45) is 11.8 Å². The Balaban J connectivity index is 1.98. The van der Waals surface area contributed by atoms with E-state index in [-0.39, 0.29) is 11.9 Å². The van der Waals surface area contributed by atoms with Crippen molar-refractivity contribution in [1.82, 2.24) is 5.32 Å². The fourth-order valence-corrected chi connectivity index (χ4v) is 3.87. The summed E-state index contributed by atoms with van der Waals surface area (Å²) in [5, 5.41) is 4.33. The SMILES string of the molecule is CNC(c1oc2ccc(F)cc2c1C)C1CCCC(C)C1. The van der Waals surface area contributed by atoms with Crippen LogP contribution in [0.4, 0.5) is 4.39 Å². The Morgan fingerprint density at radius 2 is 2.14 bits per heavy atom. The van der Waals surface area contributed by atoms with Crippen LogP contribution in [0.25, 0.3) is 11.0 Å². The largest absolute Gasteiger partial charge is 0.459 e. The predicted octanol–water partition coefficient (Wildman–Crippen LogP) is 4.97. The molecule has 1 saturated carbocycles. The number of benzene rings is 1. The van der Waals surface area contributed by atoms with Gasteiger partial charge < -0.3 is 9.73 Å². The van der Waals surface area contributed by atoms with Crippen molar-refractivity contribution >= 4 is 11.0 Å². The van der Waals surface area contributed by atoms with Gasteiger partial charge in [0.2, 0.25) is 0 Å². The summed E-state index contributed by atoms with van der Waals surface area (Å²) < 4.78 is 19.5. The first kappa shape index (κ1) is 14.6. The highest BCUT2D eigenvalue weighted by Gasteiger charge is 2.30. The number of rotatable bonds is 3. The normalized spacial score (nSPS) is 24.4. The average molecular weight is 289 g/mol. The molecular formula is C18H24FNO. The van der Waals surface area contributed by atoms with Gasteiger partial charge in [-0.2, -0.15) is 0 Å². The standard InChI is InChI=1S/C18H24FNO/c1-11-5-4-6-13(9-11)17(20-3)18-12(2)15-10-14(19)7-8-16(15)21-18/h7-8,10-11,13,17,20H,4-6,9H2,1-3H3. The molecule has 2 aromatic rings. The molecule has 114 valence electrons. The maximum atomic E-state index is 13.5. The van der Waals surface area contributed by atoms with Gasteiger partial charge in [0.1, 0.15) is 17.2 Å². The van der Waals surface area contributed by atoms with E-state index in [1.54, 1.807) is 12.1 Å². The number of hydrogen-bond donors (Lipinski definition) is 1. The highest BCUT2D eigenvalue weighted by Crippen LogP contribution is 2.40. The Morgan fingerprint density at radius 3 is 2.86 bits per heavy atom. The summed E-state index contributed by atoms with van der Waals surface area (Å²) in [6.45, 7) is 4.37. The van der Waals surface area contributed by atoms with Crippen LogP contribution in [-0.4, -0.2) is 7.05 Å². The Morgan fingerprint density at radius 1 is 1.33 bits per heavy atom. The molecule has 21 heavy (non-hydrogen) atoms. The summed E-state index contributed by atoms with van der Waals surface area (Å²) in [6, 6.07) is 5.00. The topological polar surface area (TPSA) is 25.2 Å². The third kappa shape index (κ3) is 2.71. The van der Waals surface area contributed by atoms with Gasteiger partial charge in [0.15, 0.2) is 0 Å². The smallest absolute Gasteiger partial charge is 0.134 e. The monoisotopic (exact) mass is 289 g/mol. The van der Waals surface area contributed by atoms with Crippen LogP contribution >= 0.6 is 0 Å². The zero-order valence-electron chi connectivity index (χ0n) is 13.1. The van der Waals surface area contributed by atoms with E-state index in [1.165, 1.54) is 31.7 Å². The maximum absolute atomic E-state index is 13.5. The van der Waals surface area contributed by atoms with Gasteiger partial charge in [-0.05, 0) is 56.8 Å². The molecule has 3 atom stereocenters. The van der Waals surface area contributed by atoms with Crippen molar-refractivity contribution < 1.29 is 8.81 Å². The number of furan rings is 1. The molecule has 1 aromatic carbocycles. The molecule has 1 N–H and O–H groups in total. The zero-order valence-corrected chi connectivity index (χ0v) is 13.1. The first-order chi connectivity index (χ1) is 10.1. The lowest BCUT2D eigenvalue weighted by atomic mass is 9.77. The highest BCUT2D eigenvalue weighted by molar-refractivity contribution is 5.82. The molecule has 1 heterocycles. The molecule has 2 nitrogen and oxygen atoms in total.